The number of methoxy groups -OCH3 is 1. The number of aromatic nitrogens is 4. The molecule has 0 saturated heterocycles. The summed E-state index contributed by atoms with van der Waals surface area (Å²) in [5.74, 6) is -0.953. The standard InChI is InChI=1S/C20H14F4N4O3S/c1-31-12-4-6-15-16(10-12)28(17-7-8-25-19(27-17)32(2,29)30)18(26-15)11-3-5-14(21)13(9-11)20(22,23)24/h3-10H,1-2H3. The highest BCUT2D eigenvalue weighted by atomic mass is 32.2. The number of fused-ring (bicyclic) bond motifs is 1. The lowest BCUT2D eigenvalue weighted by Crippen LogP contribution is -2.10. The van der Waals surface area contributed by atoms with Gasteiger partial charge in [-0.25, -0.2) is 27.8 Å². The third kappa shape index (κ3) is 3.88. The molecule has 166 valence electrons. The molecule has 4 rings (SSSR count). The topological polar surface area (TPSA) is 87.0 Å². The first kappa shape index (κ1) is 21.7. The van der Waals surface area contributed by atoms with Gasteiger partial charge in [0.2, 0.25) is 15.0 Å². The van der Waals surface area contributed by atoms with Crippen molar-refractivity contribution in [1.29, 1.82) is 0 Å². The molecule has 0 aliphatic rings. The maximum absolute atomic E-state index is 13.8. The van der Waals surface area contributed by atoms with E-state index in [9.17, 15) is 26.0 Å². The molecule has 0 amide bonds. The van der Waals surface area contributed by atoms with Gasteiger partial charge in [0.05, 0.1) is 23.7 Å². The van der Waals surface area contributed by atoms with E-state index in [2.05, 4.69) is 15.0 Å². The quantitative estimate of drug-likeness (QED) is 0.333. The van der Waals surface area contributed by atoms with Crippen molar-refractivity contribution < 1.29 is 30.7 Å². The van der Waals surface area contributed by atoms with Crippen LogP contribution < -0.4 is 4.74 Å². The van der Waals surface area contributed by atoms with Gasteiger partial charge in [0.25, 0.3) is 0 Å². The van der Waals surface area contributed by atoms with Crippen molar-refractivity contribution in [2.24, 2.45) is 0 Å². The van der Waals surface area contributed by atoms with E-state index in [1.54, 1.807) is 18.2 Å². The number of rotatable bonds is 4. The average molecular weight is 466 g/mol. The Labute approximate surface area is 179 Å². The SMILES string of the molecule is COc1ccc2nc(-c3ccc(F)c(C(F)(F)F)c3)n(-c3ccnc(S(C)(=O)=O)n3)c2c1. The van der Waals surface area contributed by atoms with Crippen LogP contribution in [0, 0.1) is 5.82 Å². The van der Waals surface area contributed by atoms with Crippen molar-refractivity contribution in [3.05, 3.63) is 60.0 Å². The molecule has 0 aliphatic carbocycles. The third-order valence-electron chi connectivity index (χ3n) is 4.57. The normalized spacial score (nSPS) is 12.3. The number of hydrogen-bond donors (Lipinski definition) is 0. The van der Waals surface area contributed by atoms with E-state index in [0.717, 1.165) is 12.3 Å². The van der Waals surface area contributed by atoms with E-state index in [1.807, 2.05) is 0 Å². The number of alkyl halides is 3. The lowest BCUT2D eigenvalue weighted by atomic mass is 10.1. The molecule has 0 N–H and O–H groups in total. The third-order valence-corrected chi connectivity index (χ3v) is 5.43. The zero-order valence-electron chi connectivity index (χ0n) is 16.6. The molecular formula is C20H14F4N4O3S. The largest absolute Gasteiger partial charge is 0.497 e. The van der Waals surface area contributed by atoms with Gasteiger partial charge in [-0.3, -0.25) is 4.57 Å². The number of nitrogens with zero attached hydrogens (tertiary/aromatic N) is 4. The summed E-state index contributed by atoms with van der Waals surface area (Å²) in [5.41, 5.74) is -0.743. The molecule has 7 nitrogen and oxygen atoms in total. The minimum Gasteiger partial charge on any atom is -0.497 e. The van der Waals surface area contributed by atoms with Crippen LogP contribution in [0.5, 0.6) is 5.75 Å². The van der Waals surface area contributed by atoms with Gasteiger partial charge in [-0.1, -0.05) is 0 Å². The number of ether oxygens (including phenoxy) is 1. The van der Waals surface area contributed by atoms with E-state index in [0.29, 0.717) is 28.9 Å². The van der Waals surface area contributed by atoms with Gasteiger partial charge in [-0.05, 0) is 36.4 Å². The molecule has 12 heteroatoms. The van der Waals surface area contributed by atoms with Crippen LogP contribution in [0.3, 0.4) is 0 Å². The summed E-state index contributed by atoms with van der Waals surface area (Å²) in [6.07, 6.45) is -2.78. The monoisotopic (exact) mass is 466 g/mol. The minimum atomic E-state index is -4.92. The number of imidazole rings is 1. The first-order valence-corrected chi connectivity index (χ1v) is 10.9. The summed E-state index contributed by atoms with van der Waals surface area (Å²) < 4.78 is 84.1. The maximum Gasteiger partial charge on any atom is 0.419 e. The smallest absolute Gasteiger partial charge is 0.419 e. The molecule has 0 fully saturated rings. The molecule has 2 aromatic heterocycles. The van der Waals surface area contributed by atoms with Crippen molar-refractivity contribution in [3.63, 3.8) is 0 Å². The first-order valence-electron chi connectivity index (χ1n) is 8.96. The molecule has 32 heavy (non-hydrogen) atoms. The van der Waals surface area contributed by atoms with E-state index in [4.69, 9.17) is 4.74 Å². The Bertz CT molecular complexity index is 1450. The zero-order valence-corrected chi connectivity index (χ0v) is 17.4. The summed E-state index contributed by atoms with van der Waals surface area (Å²) in [6, 6.07) is 8.64. The van der Waals surface area contributed by atoms with Gasteiger partial charge in [-0.2, -0.15) is 13.2 Å². The van der Waals surface area contributed by atoms with Crippen LogP contribution in [0.25, 0.3) is 28.2 Å². The molecule has 0 aliphatic heterocycles. The van der Waals surface area contributed by atoms with Crippen LogP contribution in [-0.4, -0.2) is 41.3 Å². The molecule has 0 spiro atoms. The molecule has 0 unspecified atom stereocenters. The van der Waals surface area contributed by atoms with Gasteiger partial charge < -0.3 is 4.74 Å². The Morgan fingerprint density at radius 1 is 1.03 bits per heavy atom. The van der Waals surface area contributed by atoms with Crippen molar-refractivity contribution in [1.82, 2.24) is 19.5 Å². The Balaban J connectivity index is 2.06. The van der Waals surface area contributed by atoms with Gasteiger partial charge in [0, 0.05) is 24.1 Å². The number of halogens is 4. The predicted octanol–water partition coefficient (Wildman–Crippen LogP) is 4.05. The Kier molecular flexibility index (Phi) is 5.12. The molecule has 0 saturated carbocycles. The Morgan fingerprint density at radius 3 is 2.44 bits per heavy atom. The second kappa shape index (κ2) is 7.55. The van der Waals surface area contributed by atoms with Crippen molar-refractivity contribution in [2.45, 2.75) is 11.3 Å². The second-order valence-corrected chi connectivity index (χ2v) is 8.70. The van der Waals surface area contributed by atoms with E-state index in [1.165, 1.54) is 23.9 Å². The Hall–Kier alpha value is -3.54. The fourth-order valence-electron chi connectivity index (χ4n) is 3.12. The Morgan fingerprint density at radius 2 is 1.78 bits per heavy atom. The fraction of sp³-hybridized carbons (Fsp3) is 0.150. The highest BCUT2D eigenvalue weighted by Crippen LogP contribution is 2.36. The van der Waals surface area contributed by atoms with Crippen LogP contribution in [0.1, 0.15) is 5.56 Å². The molecule has 4 aromatic rings. The lowest BCUT2D eigenvalue weighted by Gasteiger charge is -2.12. The number of hydrogen-bond acceptors (Lipinski definition) is 6. The highest BCUT2D eigenvalue weighted by molar-refractivity contribution is 7.90. The van der Waals surface area contributed by atoms with Gasteiger partial charge in [0.1, 0.15) is 23.2 Å². The molecule has 2 heterocycles. The fourth-order valence-corrected chi connectivity index (χ4v) is 3.64. The molecule has 0 atom stereocenters. The summed E-state index contributed by atoms with van der Waals surface area (Å²) in [7, 11) is -2.34. The number of benzene rings is 2. The summed E-state index contributed by atoms with van der Waals surface area (Å²) in [6.45, 7) is 0. The van der Waals surface area contributed by atoms with E-state index >= 15 is 0 Å². The average Bonchev–Trinajstić information content (AvgIpc) is 3.11. The van der Waals surface area contributed by atoms with Gasteiger partial charge in [-0.15, -0.1) is 0 Å². The van der Waals surface area contributed by atoms with Gasteiger partial charge in [0.15, 0.2) is 0 Å². The zero-order chi connectivity index (χ0) is 23.3. The van der Waals surface area contributed by atoms with Crippen LogP contribution >= 0.6 is 0 Å². The first-order chi connectivity index (χ1) is 15.0. The maximum atomic E-state index is 13.8. The lowest BCUT2D eigenvalue weighted by molar-refractivity contribution is -0.139. The van der Waals surface area contributed by atoms with Crippen LogP contribution in [0.4, 0.5) is 17.6 Å². The second-order valence-electron chi connectivity index (χ2n) is 6.79. The van der Waals surface area contributed by atoms with Gasteiger partial charge >= 0.3 is 6.18 Å². The van der Waals surface area contributed by atoms with E-state index in [-0.39, 0.29) is 17.2 Å². The molecule has 2 aromatic carbocycles. The highest BCUT2D eigenvalue weighted by Gasteiger charge is 2.34. The van der Waals surface area contributed by atoms with Crippen molar-refractivity contribution in [2.75, 3.05) is 13.4 Å². The summed E-state index contributed by atoms with van der Waals surface area (Å²) >= 11 is 0. The molecule has 0 radical (unpaired) electrons. The van der Waals surface area contributed by atoms with E-state index < -0.39 is 32.6 Å². The van der Waals surface area contributed by atoms with Crippen LogP contribution in [-0.2, 0) is 16.0 Å². The summed E-state index contributed by atoms with van der Waals surface area (Å²) in [5, 5.41) is -0.471. The number of sulfone groups is 1. The molecule has 0 bridgehead atoms. The van der Waals surface area contributed by atoms with Crippen LogP contribution in [0.15, 0.2) is 53.8 Å². The van der Waals surface area contributed by atoms with Crippen molar-refractivity contribution >= 4 is 20.9 Å². The van der Waals surface area contributed by atoms with Crippen molar-refractivity contribution in [3.8, 4) is 23.0 Å². The molecular weight excluding hydrogens is 452 g/mol. The minimum absolute atomic E-state index is 0.00287. The summed E-state index contributed by atoms with van der Waals surface area (Å²) in [4.78, 5) is 12.2. The predicted molar refractivity (Wildman–Crippen MR) is 107 cm³/mol. The van der Waals surface area contributed by atoms with Crippen LogP contribution in [0.2, 0.25) is 0 Å².